The van der Waals surface area contributed by atoms with Gasteiger partial charge in [-0.05, 0) is 19.4 Å². The molecule has 1 N–H and O–H groups in total. The highest BCUT2D eigenvalue weighted by molar-refractivity contribution is 5.04. The molecule has 0 aliphatic heterocycles. The van der Waals surface area contributed by atoms with Gasteiger partial charge in [-0.3, -0.25) is 0 Å². The van der Waals surface area contributed by atoms with E-state index >= 15 is 0 Å². The quantitative estimate of drug-likeness (QED) is 0.702. The molecule has 3 heteroatoms. The molecule has 1 atom stereocenters. The highest BCUT2D eigenvalue weighted by atomic mass is 16.3. The second-order valence-electron chi connectivity index (χ2n) is 4.60. The fourth-order valence-corrected chi connectivity index (χ4v) is 1.93. The summed E-state index contributed by atoms with van der Waals surface area (Å²) in [6.07, 6.45) is 9.58. The number of unbranched alkanes of at least 4 members (excludes halogenated alkanes) is 5. The van der Waals surface area contributed by atoms with Crippen molar-refractivity contribution in [1.29, 1.82) is 0 Å². The van der Waals surface area contributed by atoms with E-state index in [4.69, 9.17) is 0 Å². The molecule has 3 nitrogen and oxygen atoms in total. The molecule has 0 bridgehead atoms. The first-order valence-electron chi connectivity index (χ1n) is 6.71. The van der Waals surface area contributed by atoms with Gasteiger partial charge in [-0.25, -0.2) is 9.97 Å². The largest absolute Gasteiger partial charge is 0.387 e. The molecule has 1 heterocycles. The molecule has 0 saturated heterocycles. The van der Waals surface area contributed by atoms with Crippen molar-refractivity contribution in [3.05, 3.63) is 23.8 Å². The summed E-state index contributed by atoms with van der Waals surface area (Å²) in [5.41, 5.74) is 0.756. The van der Waals surface area contributed by atoms with E-state index in [0.717, 1.165) is 24.4 Å². The summed E-state index contributed by atoms with van der Waals surface area (Å²) in [7, 11) is 0. The molecule has 1 aromatic heterocycles. The Hall–Kier alpha value is -0.960. The van der Waals surface area contributed by atoms with Gasteiger partial charge in [-0.15, -0.1) is 0 Å². The second-order valence-corrected chi connectivity index (χ2v) is 4.60. The molecule has 1 aromatic rings. The van der Waals surface area contributed by atoms with E-state index in [-0.39, 0.29) is 0 Å². The number of aliphatic hydroxyl groups is 1. The van der Waals surface area contributed by atoms with Crippen LogP contribution >= 0.6 is 0 Å². The van der Waals surface area contributed by atoms with Crippen LogP contribution in [0.5, 0.6) is 0 Å². The van der Waals surface area contributed by atoms with Crippen LogP contribution in [0.1, 0.15) is 69.5 Å². The van der Waals surface area contributed by atoms with Gasteiger partial charge in [0.1, 0.15) is 5.82 Å². The van der Waals surface area contributed by atoms with Gasteiger partial charge in [0.05, 0.1) is 11.8 Å². The Labute approximate surface area is 104 Å². The number of hydrogen-bond acceptors (Lipinski definition) is 3. The van der Waals surface area contributed by atoms with E-state index in [9.17, 15) is 5.11 Å². The molecule has 17 heavy (non-hydrogen) atoms. The third-order valence-electron chi connectivity index (χ3n) is 2.97. The van der Waals surface area contributed by atoms with E-state index < -0.39 is 6.10 Å². The standard InChI is InChI=1S/C14H24N2O/c1-3-4-5-6-7-8-9-14(17)13-10-11-15-12(2)16-13/h10-11,14,17H,3-9H2,1-2H3. The highest BCUT2D eigenvalue weighted by Crippen LogP contribution is 2.18. The minimum atomic E-state index is -0.428. The first-order valence-corrected chi connectivity index (χ1v) is 6.71. The van der Waals surface area contributed by atoms with Crippen LogP contribution in [0.2, 0.25) is 0 Å². The normalized spacial score (nSPS) is 12.6. The Morgan fingerprint density at radius 3 is 2.59 bits per heavy atom. The second kappa shape index (κ2) is 8.18. The Balaban J connectivity index is 2.19. The molecule has 0 radical (unpaired) electrons. The molecular formula is C14H24N2O. The lowest BCUT2D eigenvalue weighted by Crippen LogP contribution is -2.02. The van der Waals surface area contributed by atoms with Crippen molar-refractivity contribution in [2.75, 3.05) is 0 Å². The van der Waals surface area contributed by atoms with Crippen molar-refractivity contribution >= 4 is 0 Å². The van der Waals surface area contributed by atoms with Crippen molar-refractivity contribution < 1.29 is 5.11 Å². The monoisotopic (exact) mass is 236 g/mol. The highest BCUT2D eigenvalue weighted by Gasteiger charge is 2.08. The first kappa shape index (κ1) is 14.1. The molecule has 0 spiro atoms. The lowest BCUT2D eigenvalue weighted by atomic mass is 10.1. The zero-order valence-corrected chi connectivity index (χ0v) is 11.0. The molecule has 0 aliphatic carbocycles. The summed E-state index contributed by atoms with van der Waals surface area (Å²) in [5, 5.41) is 9.96. The van der Waals surface area contributed by atoms with Gasteiger partial charge in [0.15, 0.2) is 0 Å². The van der Waals surface area contributed by atoms with Gasteiger partial charge in [-0.1, -0.05) is 45.4 Å². The molecule has 0 aromatic carbocycles. The Morgan fingerprint density at radius 2 is 1.88 bits per heavy atom. The van der Waals surface area contributed by atoms with Crippen molar-refractivity contribution in [3.8, 4) is 0 Å². The lowest BCUT2D eigenvalue weighted by Gasteiger charge is -2.09. The number of rotatable bonds is 8. The summed E-state index contributed by atoms with van der Waals surface area (Å²) in [6.45, 7) is 4.07. The van der Waals surface area contributed by atoms with Crippen LogP contribution in [-0.2, 0) is 0 Å². The Morgan fingerprint density at radius 1 is 1.18 bits per heavy atom. The van der Waals surface area contributed by atoms with Crippen LogP contribution < -0.4 is 0 Å². The fraction of sp³-hybridized carbons (Fsp3) is 0.714. The van der Waals surface area contributed by atoms with E-state index in [1.54, 1.807) is 12.3 Å². The van der Waals surface area contributed by atoms with Gasteiger partial charge < -0.3 is 5.11 Å². The molecule has 1 rings (SSSR count). The third-order valence-corrected chi connectivity index (χ3v) is 2.97. The summed E-state index contributed by atoms with van der Waals surface area (Å²) < 4.78 is 0. The average molecular weight is 236 g/mol. The van der Waals surface area contributed by atoms with E-state index in [1.807, 2.05) is 6.92 Å². The molecule has 0 fully saturated rings. The molecule has 0 aliphatic rings. The fourth-order valence-electron chi connectivity index (χ4n) is 1.93. The third kappa shape index (κ3) is 5.78. The summed E-state index contributed by atoms with van der Waals surface area (Å²) in [6, 6.07) is 1.80. The van der Waals surface area contributed by atoms with Crippen LogP contribution in [0, 0.1) is 6.92 Å². The maximum atomic E-state index is 9.96. The van der Waals surface area contributed by atoms with E-state index in [2.05, 4.69) is 16.9 Å². The van der Waals surface area contributed by atoms with Gasteiger partial charge in [-0.2, -0.15) is 0 Å². The molecule has 0 saturated carbocycles. The molecule has 0 amide bonds. The van der Waals surface area contributed by atoms with Crippen molar-refractivity contribution in [1.82, 2.24) is 9.97 Å². The van der Waals surface area contributed by atoms with Crippen molar-refractivity contribution in [2.24, 2.45) is 0 Å². The summed E-state index contributed by atoms with van der Waals surface area (Å²) in [4.78, 5) is 8.27. The minimum Gasteiger partial charge on any atom is -0.387 e. The number of aliphatic hydroxyl groups excluding tert-OH is 1. The van der Waals surface area contributed by atoms with Crippen LogP contribution in [0.15, 0.2) is 12.3 Å². The maximum absolute atomic E-state index is 9.96. The van der Waals surface area contributed by atoms with Crippen LogP contribution in [-0.4, -0.2) is 15.1 Å². The number of aromatic nitrogens is 2. The minimum absolute atomic E-state index is 0.428. The number of hydrogen-bond donors (Lipinski definition) is 1. The molecule has 1 unspecified atom stereocenters. The topological polar surface area (TPSA) is 46.0 Å². The Bertz CT molecular complexity index is 315. The number of nitrogens with zero attached hydrogens (tertiary/aromatic N) is 2. The smallest absolute Gasteiger partial charge is 0.125 e. The van der Waals surface area contributed by atoms with Gasteiger partial charge in [0.2, 0.25) is 0 Å². The molecule has 96 valence electrons. The van der Waals surface area contributed by atoms with Gasteiger partial charge in [0.25, 0.3) is 0 Å². The lowest BCUT2D eigenvalue weighted by molar-refractivity contribution is 0.158. The zero-order valence-electron chi connectivity index (χ0n) is 11.0. The van der Waals surface area contributed by atoms with E-state index in [1.165, 1.54) is 32.1 Å². The predicted molar refractivity (Wildman–Crippen MR) is 69.7 cm³/mol. The van der Waals surface area contributed by atoms with Crippen molar-refractivity contribution in [2.45, 2.75) is 64.9 Å². The van der Waals surface area contributed by atoms with Gasteiger partial charge in [0, 0.05) is 6.20 Å². The molecular weight excluding hydrogens is 212 g/mol. The van der Waals surface area contributed by atoms with Crippen molar-refractivity contribution in [3.63, 3.8) is 0 Å². The first-order chi connectivity index (χ1) is 8.24. The predicted octanol–water partition coefficient (Wildman–Crippen LogP) is 3.57. The number of aryl methyl sites for hydroxylation is 1. The summed E-state index contributed by atoms with van der Waals surface area (Å²) >= 11 is 0. The summed E-state index contributed by atoms with van der Waals surface area (Å²) in [5.74, 6) is 0.726. The Kier molecular flexibility index (Phi) is 6.78. The maximum Gasteiger partial charge on any atom is 0.125 e. The SMILES string of the molecule is CCCCCCCCC(O)c1ccnc(C)n1. The van der Waals surface area contributed by atoms with Crippen LogP contribution in [0.3, 0.4) is 0 Å². The van der Waals surface area contributed by atoms with E-state index in [0.29, 0.717) is 0 Å². The average Bonchev–Trinajstić information content (AvgIpc) is 2.33. The zero-order chi connectivity index (χ0) is 12.5. The van der Waals surface area contributed by atoms with Crippen LogP contribution in [0.25, 0.3) is 0 Å². The van der Waals surface area contributed by atoms with Crippen LogP contribution in [0.4, 0.5) is 0 Å². The van der Waals surface area contributed by atoms with Gasteiger partial charge >= 0.3 is 0 Å².